The number of carbonyl (C=O) groups excluding carboxylic acids is 11. The van der Waals surface area contributed by atoms with Gasteiger partial charge in [-0.2, -0.15) is 0 Å². The number of aliphatic hydroxyl groups excluding tert-OH is 6. The van der Waals surface area contributed by atoms with Gasteiger partial charge in [0.15, 0.2) is 47.5 Å². The standard InChI is InChI=1S/C61H101N5O23/c1-26(2)36(57(82)65-49(29(7)8)44(73)22-37(27(3)4)56(81)64-32(11)40(69)20-35(59(84)85)16-17-47(74)75)21-41(70)33(12)63-55(80)30(9)19-42(71)39-15-14-18-66(39)58(83)38(28(5)6)23-43(72)48(62)34(13)86-60-31(10)54(51(77)46(25-68)87-60)89-61-53(79)52(78)50(76)45(24-67)88-61/h26-39,45-46,48-54,60-61,67-68,76-79H,14-25,62H2,1-13H3,(H,63,80)(H,64,81)(H,65,82)(H,74,75)(H,84,85)/p-1/t30?,31?,32-,33-,34?,35?,36?,37?,38?,39-,45?,46?,48-,49-,50-,51-,52-,53?,54+,60-,61-/m0/s1. The first-order chi connectivity index (χ1) is 41.4. The van der Waals surface area contributed by atoms with E-state index in [0.29, 0.717) is 12.8 Å². The minimum Gasteiger partial charge on any atom is -0.550 e. The summed E-state index contributed by atoms with van der Waals surface area (Å²) in [5.41, 5.74) is 4.03. The Kier molecular flexibility index (Phi) is 31.1. The first-order valence-corrected chi connectivity index (χ1v) is 31.0. The van der Waals surface area contributed by atoms with E-state index in [0.717, 1.165) is 0 Å². The molecule has 0 saturated carbocycles. The number of hydrogen-bond donors (Lipinski definition) is 10. The summed E-state index contributed by atoms with van der Waals surface area (Å²) in [5, 5.41) is 92.4. The molecule has 21 atom stereocenters. The fraction of sp³-hybridized carbons (Fsp3) is 0.820. The van der Waals surface area contributed by atoms with Crippen molar-refractivity contribution >= 4 is 64.5 Å². The molecule has 0 aliphatic carbocycles. The van der Waals surface area contributed by atoms with Crippen molar-refractivity contribution in [1.82, 2.24) is 20.9 Å². The molecule has 12 N–H and O–H groups in total. The van der Waals surface area contributed by atoms with Crippen molar-refractivity contribution in [2.75, 3.05) is 19.8 Å². The third kappa shape index (κ3) is 21.7. The Hall–Kier alpha value is -5.27. The Balaban J connectivity index is 1.61. The van der Waals surface area contributed by atoms with Crippen molar-refractivity contribution < 1.29 is 118 Å². The van der Waals surface area contributed by atoms with Gasteiger partial charge in [0, 0.05) is 86.1 Å². The summed E-state index contributed by atoms with van der Waals surface area (Å²) in [6, 6.07) is -5.44. The molecule has 3 fully saturated rings. The Morgan fingerprint density at radius 2 is 1.09 bits per heavy atom. The number of amides is 4. The van der Waals surface area contributed by atoms with Gasteiger partial charge in [-0.15, -0.1) is 0 Å². The number of aliphatic carboxylic acids is 2. The SMILES string of the molecule is CC(CC(=O)[C@@H]1CCCN1C(=O)C(CC(=O)[C@@H]([NH3+])C(C)O[C@H]1OC(CO)[C@H](O)[C@H](O[C@@H]2OC(CO)[C@H](O)[C@H](O)C2O)C1C)C(C)C)C(=O)N[C@@H](C)C(=O)CC(C(=O)N[C@H](C(=O)CC(C(=O)N[C@@H](C)C(=O)CC(CCC(=O)[O-])C(=O)[O-])C(C)C)C(C)C)C(C)C. The van der Waals surface area contributed by atoms with Gasteiger partial charge in [-0.05, 0) is 70.1 Å². The molecule has 0 aromatic rings. The lowest BCUT2D eigenvalue weighted by atomic mass is 9.84. The molecular weight excluding hydrogens is 1170 g/mol. The van der Waals surface area contributed by atoms with E-state index < -0.39 is 248 Å². The molecule has 10 unspecified atom stereocenters. The molecule has 3 heterocycles. The van der Waals surface area contributed by atoms with Crippen molar-refractivity contribution in [3.63, 3.8) is 0 Å². The smallest absolute Gasteiger partial charge is 0.227 e. The number of ketones is 5. The predicted molar refractivity (Wildman–Crippen MR) is 309 cm³/mol. The van der Waals surface area contributed by atoms with Gasteiger partial charge < -0.3 is 96.0 Å². The van der Waals surface area contributed by atoms with Gasteiger partial charge in [0.05, 0.1) is 43.5 Å². The van der Waals surface area contributed by atoms with E-state index in [1.807, 2.05) is 0 Å². The molecule has 3 aliphatic heterocycles. The van der Waals surface area contributed by atoms with Crippen molar-refractivity contribution in [3.8, 4) is 0 Å². The normalized spacial score (nSPS) is 27.3. The average Bonchev–Trinajstić information content (AvgIpc) is 1.38. The summed E-state index contributed by atoms with van der Waals surface area (Å²) in [7, 11) is 0. The van der Waals surface area contributed by atoms with E-state index in [4.69, 9.17) is 18.9 Å². The molecule has 28 nitrogen and oxygen atoms in total. The second kappa shape index (κ2) is 35.5. The quantitative estimate of drug-likeness (QED) is 0.0285. The maximum absolute atomic E-state index is 14.4. The number of nitrogens with one attached hydrogen (secondary N) is 3. The number of carbonyl (C=O) groups is 11. The molecule has 3 aliphatic rings. The first-order valence-electron chi connectivity index (χ1n) is 31.0. The number of rotatable bonds is 37. The van der Waals surface area contributed by atoms with Crippen LogP contribution in [0.4, 0.5) is 0 Å². The van der Waals surface area contributed by atoms with Crippen molar-refractivity contribution in [3.05, 3.63) is 0 Å². The van der Waals surface area contributed by atoms with Crippen molar-refractivity contribution in [1.29, 1.82) is 0 Å². The number of nitrogens with zero attached hydrogens (tertiary/aromatic N) is 1. The fourth-order valence-corrected chi connectivity index (χ4v) is 11.3. The van der Waals surface area contributed by atoms with Crippen LogP contribution in [-0.2, 0) is 71.7 Å². The van der Waals surface area contributed by atoms with Gasteiger partial charge in [0.2, 0.25) is 23.6 Å². The van der Waals surface area contributed by atoms with E-state index in [2.05, 4.69) is 21.7 Å². The van der Waals surface area contributed by atoms with Crippen LogP contribution in [0.25, 0.3) is 0 Å². The number of carboxylic acid groups (broad SMARTS) is 2. The second-order valence-electron chi connectivity index (χ2n) is 25.9. The summed E-state index contributed by atoms with van der Waals surface area (Å²) < 4.78 is 23.4. The highest BCUT2D eigenvalue weighted by atomic mass is 16.7. The number of carboxylic acids is 2. The summed E-state index contributed by atoms with van der Waals surface area (Å²) >= 11 is 0. The lowest BCUT2D eigenvalue weighted by Crippen LogP contribution is -2.71. The van der Waals surface area contributed by atoms with Gasteiger partial charge in [-0.3, -0.25) is 43.2 Å². The van der Waals surface area contributed by atoms with E-state index in [1.165, 1.54) is 32.6 Å². The molecule has 28 heteroatoms. The second-order valence-corrected chi connectivity index (χ2v) is 25.9. The minimum atomic E-state index is -1.80. The first kappa shape index (κ1) is 78.0. The van der Waals surface area contributed by atoms with Crippen LogP contribution in [0.15, 0.2) is 0 Å². The minimum absolute atomic E-state index is 0.208. The molecule has 0 radical (unpaired) electrons. The molecule has 0 spiro atoms. The number of quaternary nitrogens is 1. The molecule has 0 bridgehead atoms. The summed E-state index contributed by atoms with van der Waals surface area (Å²) in [4.78, 5) is 148. The van der Waals surface area contributed by atoms with E-state index in [1.54, 1.807) is 62.3 Å². The lowest BCUT2D eigenvalue weighted by molar-refractivity contribution is -0.432. The Bertz CT molecular complexity index is 2440. The van der Waals surface area contributed by atoms with Crippen LogP contribution in [0.1, 0.15) is 148 Å². The zero-order chi connectivity index (χ0) is 67.8. The number of aliphatic hydroxyl groups is 6. The van der Waals surface area contributed by atoms with Gasteiger partial charge in [0.1, 0.15) is 42.7 Å². The highest BCUT2D eigenvalue weighted by Crippen LogP contribution is 2.34. The summed E-state index contributed by atoms with van der Waals surface area (Å²) in [6.07, 6.45) is -16.7. The number of likely N-dealkylation sites (tertiary alicyclic amines) is 1. The Labute approximate surface area is 520 Å². The average molecular weight is 1270 g/mol. The molecular formula is C61H100N5O23-. The molecule has 0 aromatic heterocycles. The zero-order valence-corrected chi connectivity index (χ0v) is 53.7. The zero-order valence-electron chi connectivity index (χ0n) is 53.7. The predicted octanol–water partition coefficient (Wildman–Crippen LogP) is -3.81. The van der Waals surface area contributed by atoms with E-state index in [9.17, 15) is 93.6 Å². The fourth-order valence-electron chi connectivity index (χ4n) is 11.3. The molecule has 3 saturated heterocycles. The maximum atomic E-state index is 14.4. The van der Waals surface area contributed by atoms with Crippen molar-refractivity contribution in [2.24, 2.45) is 59.2 Å². The topological polar surface area (TPSA) is 459 Å². The number of Topliss-reactive ketones (excluding diaryl/α,β-unsaturated/α-hetero) is 5. The van der Waals surface area contributed by atoms with Crippen LogP contribution < -0.4 is 31.9 Å². The molecule has 0 aromatic carbocycles. The van der Waals surface area contributed by atoms with Gasteiger partial charge in [0.25, 0.3) is 0 Å². The van der Waals surface area contributed by atoms with Gasteiger partial charge >= 0.3 is 0 Å². The monoisotopic (exact) mass is 1270 g/mol. The highest BCUT2D eigenvalue weighted by Gasteiger charge is 2.51. The van der Waals surface area contributed by atoms with Crippen LogP contribution in [-0.4, -0.2) is 211 Å². The van der Waals surface area contributed by atoms with E-state index >= 15 is 0 Å². The molecule has 3 rings (SSSR count). The van der Waals surface area contributed by atoms with Crippen LogP contribution in [0.5, 0.6) is 0 Å². The largest absolute Gasteiger partial charge is 0.550 e. The molecule has 4 amide bonds. The molecule has 508 valence electrons. The van der Waals surface area contributed by atoms with Crippen LogP contribution in [0.3, 0.4) is 0 Å². The summed E-state index contributed by atoms with van der Waals surface area (Å²) in [6.45, 7) is 19.8. The Morgan fingerprint density at radius 1 is 0.596 bits per heavy atom. The third-order valence-electron chi connectivity index (χ3n) is 17.6. The Morgan fingerprint density at radius 3 is 1.61 bits per heavy atom. The maximum Gasteiger partial charge on any atom is 0.227 e. The highest BCUT2D eigenvalue weighted by molar-refractivity contribution is 5.98. The van der Waals surface area contributed by atoms with E-state index in [-0.39, 0.29) is 32.2 Å². The third-order valence-corrected chi connectivity index (χ3v) is 17.6. The summed E-state index contributed by atoms with van der Waals surface area (Å²) in [5.74, 6) is -16.0. The van der Waals surface area contributed by atoms with Gasteiger partial charge in [-0.1, -0.05) is 69.2 Å². The number of hydrogen-bond acceptors (Lipinski definition) is 23. The number of ether oxygens (including phenoxy) is 4. The lowest BCUT2D eigenvalue weighted by Gasteiger charge is -2.47. The molecule has 89 heavy (non-hydrogen) atoms. The van der Waals surface area contributed by atoms with Crippen LogP contribution in [0, 0.1) is 59.2 Å². The van der Waals surface area contributed by atoms with Crippen molar-refractivity contribution in [2.45, 2.75) is 239 Å². The van der Waals surface area contributed by atoms with Crippen LogP contribution >= 0.6 is 0 Å². The van der Waals surface area contributed by atoms with Gasteiger partial charge in [-0.25, -0.2) is 0 Å². The van der Waals surface area contributed by atoms with Crippen LogP contribution in [0.2, 0.25) is 0 Å².